The van der Waals surface area contributed by atoms with E-state index < -0.39 is 10.0 Å². The molecule has 2 aromatic rings. The third-order valence-electron chi connectivity index (χ3n) is 5.71. The van der Waals surface area contributed by atoms with Crippen LogP contribution in [-0.4, -0.2) is 42.7 Å². The van der Waals surface area contributed by atoms with Gasteiger partial charge in [0, 0.05) is 31.6 Å². The lowest BCUT2D eigenvalue weighted by molar-refractivity contribution is -0.139. The first-order valence-electron chi connectivity index (χ1n) is 10.4. The molecule has 5 nitrogen and oxygen atoms in total. The third kappa shape index (κ3) is 5.61. The van der Waals surface area contributed by atoms with Crippen LogP contribution in [0.5, 0.6) is 0 Å². The molecule has 0 aliphatic carbocycles. The van der Waals surface area contributed by atoms with Gasteiger partial charge in [-0.3, -0.25) is 4.79 Å². The van der Waals surface area contributed by atoms with Crippen LogP contribution in [0.25, 0.3) is 0 Å². The molecule has 1 heterocycles. The normalized spacial score (nSPS) is 15.9. The Morgan fingerprint density at radius 2 is 1.68 bits per heavy atom. The summed E-state index contributed by atoms with van der Waals surface area (Å²) in [6.45, 7) is 7.00. The fourth-order valence-electron chi connectivity index (χ4n) is 3.79. The lowest BCUT2D eigenvalue weighted by atomic mass is 9.95. The maximum atomic E-state index is 13.3. The Morgan fingerprint density at radius 3 is 2.23 bits per heavy atom. The zero-order chi connectivity index (χ0) is 22.8. The van der Waals surface area contributed by atoms with E-state index in [9.17, 15) is 13.2 Å². The van der Waals surface area contributed by atoms with Gasteiger partial charge in [-0.2, -0.15) is 4.31 Å². The van der Waals surface area contributed by atoms with Crippen LogP contribution in [0, 0.1) is 12.8 Å². The van der Waals surface area contributed by atoms with Gasteiger partial charge in [-0.05, 0) is 63.4 Å². The Labute approximate surface area is 195 Å². The molecule has 1 amide bonds. The summed E-state index contributed by atoms with van der Waals surface area (Å²) in [7, 11) is -3.54. The Bertz CT molecular complexity index is 1030. The van der Waals surface area contributed by atoms with Crippen LogP contribution in [0.15, 0.2) is 47.4 Å². The van der Waals surface area contributed by atoms with Gasteiger partial charge >= 0.3 is 0 Å². The minimum Gasteiger partial charge on any atom is -0.336 e. The second kappa shape index (κ2) is 9.90. The predicted molar refractivity (Wildman–Crippen MR) is 125 cm³/mol. The molecule has 0 saturated carbocycles. The molecule has 0 atom stereocenters. The summed E-state index contributed by atoms with van der Waals surface area (Å²) in [5.41, 5.74) is 1.93. The fourth-order valence-corrected chi connectivity index (χ4v) is 5.58. The fraction of sp³-hybridized carbons (Fsp3) is 0.435. The van der Waals surface area contributed by atoms with E-state index in [2.05, 4.69) is 0 Å². The van der Waals surface area contributed by atoms with Gasteiger partial charge in [0.25, 0.3) is 0 Å². The largest absolute Gasteiger partial charge is 0.336 e. The van der Waals surface area contributed by atoms with Gasteiger partial charge in [-0.15, -0.1) is 0 Å². The molecule has 0 N–H and O–H groups in total. The van der Waals surface area contributed by atoms with Crippen LogP contribution in [0.1, 0.15) is 37.8 Å². The van der Waals surface area contributed by atoms with E-state index in [1.807, 2.05) is 31.7 Å². The van der Waals surface area contributed by atoms with Crippen LogP contribution < -0.4 is 0 Å². The van der Waals surface area contributed by atoms with E-state index in [1.165, 1.54) is 4.31 Å². The molecule has 0 aromatic heterocycles. The molecule has 0 bridgehead atoms. The monoisotopic (exact) mass is 482 g/mol. The second-order valence-corrected chi connectivity index (χ2v) is 11.1. The molecule has 0 unspecified atom stereocenters. The van der Waals surface area contributed by atoms with E-state index in [-0.39, 0.29) is 17.9 Å². The molecule has 31 heavy (non-hydrogen) atoms. The molecular weight excluding hydrogens is 455 g/mol. The Balaban J connectivity index is 1.67. The number of hydrogen-bond donors (Lipinski definition) is 0. The SMILES string of the molecule is Cc1ccc(S(=O)(=O)N2CCC(C(=O)N(Cc3ccc(Cl)c(Cl)c3)C(C)C)CC2)cc1. The van der Waals surface area contributed by atoms with Crippen molar-refractivity contribution in [1.29, 1.82) is 0 Å². The number of carbonyl (C=O) groups is 1. The van der Waals surface area contributed by atoms with Crippen molar-refractivity contribution in [3.05, 3.63) is 63.6 Å². The maximum absolute atomic E-state index is 13.3. The van der Waals surface area contributed by atoms with Crippen molar-refractivity contribution in [2.75, 3.05) is 13.1 Å². The highest BCUT2D eigenvalue weighted by Crippen LogP contribution is 2.28. The second-order valence-electron chi connectivity index (χ2n) is 8.30. The van der Waals surface area contributed by atoms with Crippen molar-refractivity contribution >= 4 is 39.1 Å². The van der Waals surface area contributed by atoms with Crippen molar-refractivity contribution in [2.45, 2.75) is 51.1 Å². The molecule has 0 spiro atoms. The number of rotatable bonds is 6. The zero-order valence-corrected chi connectivity index (χ0v) is 20.3. The molecule has 0 radical (unpaired) electrons. The topological polar surface area (TPSA) is 57.7 Å². The number of amides is 1. The Kier molecular flexibility index (Phi) is 7.68. The molecule has 1 saturated heterocycles. The van der Waals surface area contributed by atoms with Gasteiger partial charge in [0.15, 0.2) is 0 Å². The first kappa shape index (κ1) is 24.1. The van der Waals surface area contributed by atoms with Gasteiger partial charge in [0.05, 0.1) is 14.9 Å². The van der Waals surface area contributed by atoms with Crippen LogP contribution in [0.2, 0.25) is 10.0 Å². The van der Waals surface area contributed by atoms with Crippen molar-refractivity contribution in [3.8, 4) is 0 Å². The molecule has 2 aromatic carbocycles. The van der Waals surface area contributed by atoms with Crippen molar-refractivity contribution in [3.63, 3.8) is 0 Å². The highest BCUT2D eigenvalue weighted by atomic mass is 35.5. The number of halogens is 2. The first-order chi connectivity index (χ1) is 14.6. The number of nitrogens with zero attached hydrogens (tertiary/aromatic N) is 2. The predicted octanol–water partition coefficient (Wildman–Crippen LogP) is 5.14. The molecule has 1 fully saturated rings. The van der Waals surface area contributed by atoms with Crippen LogP contribution in [0.4, 0.5) is 0 Å². The molecule has 1 aliphatic heterocycles. The van der Waals surface area contributed by atoms with Gasteiger partial charge in [0.1, 0.15) is 0 Å². The molecule has 8 heteroatoms. The molecular formula is C23H28Cl2N2O3S. The van der Waals surface area contributed by atoms with E-state index >= 15 is 0 Å². The van der Waals surface area contributed by atoms with Gasteiger partial charge < -0.3 is 4.90 Å². The Hall–Kier alpha value is -1.60. The van der Waals surface area contributed by atoms with E-state index in [0.29, 0.717) is 47.4 Å². The number of hydrogen-bond acceptors (Lipinski definition) is 3. The lowest BCUT2D eigenvalue weighted by Crippen LogP contribution is -2.46. The van der Waals surface area contributed by atoms with E-state index in [0.717, 1.165) is 11.1 Å². The highest BCUT2D eigenvalue weighted by molar-refractivity contribution is 7.89. The van der Waals surface area contributed by atoms with Crippen molar-refractivity contribution in [1.82, 2.24) is 9.21 Å². The number of sulfonamides is 1. The van der Waals surface area contributed by atoms with Gasteiger partial charge in [-0.1, -0.05) is 47.0 Å². The zero-order valence-electron chi connectivity index (χ0n) is 18.0. The number of benzene rings is 2. The van der Waals surface area contributed by atoms with Crippen LogP contribution >= 0.6 is 23.2 Å². The summed E-state index contributed by atoms with van der Waals surface area (Å²) in [5, 5.41) is 0.944. The van der Waals surface area contributed by atoms with Crippen molar-refractivity contribution < 1.29 is 13.2 Å². The smallest absolute Gasteiger partial charge is 0.243 e. The van der Waals surface area contributed by atoms with Crippen LogP contribution in [-0.2, 0) is 21.4 Å². The lowest BCUT2D eigenvalue weighted by Gasteiger charge is -2.35. The standard InChI is InChI=1S/C23H28Cl2N2O3S/c1-16(2)27(15-18-6-9-21(24)22(25)14-18)23(28)19-10-12-26(13-11-19)31(29,30)20-7-4-17(3)5-8-20/h4-9,14,16,19H,10-13,15H2,1-3H3. The molecule has 3 rings (SSSR count). The Morgan fingerprint density at radius 1 is 1.06 bits per heavy atom. The highest BCUT2D eigenvalue weighted by Gasteiger charge is 2.34. The minimum absolute atomic E-state index is 0.0104. The first-order valence-corrected chi connectivity index (χ1v) is 12.6. The molecule has 168 valence electrons. The number of aryl methyl sites for hydroxylation is 1. The average molecular weight is 483 g/mol. The van der Waals surface area contributed by atoms with E-state index in [1.54, 1.807) is 36.4 Å². The third-order valence-corrected chi connectivity index (χ3v) is 8.36. The number of piperidine rings is 1. The summed E-state index contributed by atoms with van der Waals surface area (Å²) < 4.78 is 27.3. The average Bonchev–Trinajstić information content (AvgIpc) is 2.74. The van der Waals surface area contributed by atoms with Crippen molar-refractivity contribution in [2.24, 2.45) is 5.92 Å². The summed E-state index contributed by atoms with van der Waals surface area (Å²) >= 11 is 12.1. The van der Waals surface area contributed by atoms with Gasteiger partial charge in [0.2, 0.25) is 15.9 Å². The number of carbonyl (C=O) groups excluding carboxylic acids is 1. The minimum atomic E-state index is -3.54. The van der Waals surface area contributed by atoms with Crippen LogP contribution in [0.3, 0.4) is 0 Å². The van der Waals surface area contributed by atoms with E-state index in [4.69, 9.17) is 23.2 Å². The van der Waals surface area contributed by atoms with Gasteiger partial charge in [-0.25, -0.2) is 8.42 Å². The summed E-state index contributed by atoms with van der Waals surface area (Å²) in [4.78, 5) is 15.4. The molecule has 1 aliphatic rings. The maximum Gasteiger partial charge on any atom is 0.243 e. The summed E-state index contributed by atoms with van der Waals surface area (Å²) in [6.07, 6.45) is 1.02. The summed E-state index contributed by atoms with van der Waals surface area (Å²) in [5.74, 6) is -0.150. The quantitative estimate of drug-likeness (QED) is 0.572. The summed E-state index contributed by atoms with van der Waals surface area (Å²) in [6, 6.07) is 12.3.